The maximum absolute atomic E-state index is 13.0. The lowest BCUT2D eigenvalue weighted by molar-refractivity contribution is -0.132. The number of hydrogen-bond acceptors (Lipinski definition) is 3. The van der Waals surface area contributed by atoms with Gasteiger partial charge in [0.05, 0.1) is 16.9 Å². The minimum Gasteiger partial charge on any atom is -0.334 e. The smallest absolute Gasteiger partial charge is 0.329 e. The Bertz CT molecular complexity index is 1130. The lowest BCUT2D eigenvalue weighted by atomic mass is 9.99. The van der Waals surface area contributed by atoms with E-state index >= 15 is 0 Å². The fraction of sp³-hybridized carbons (Fsp3) is 0.286. The van der Waals surface area contributed by atoms with Crippen LogP contribution in [-0.2, 0) is 11.3 Å². The van der Waals surface area contributed by atoms with E-state index in [1.807, 2.05) is 31.2 Å². The Morgan fingerprint density at radius 1 is 1.11 bits per heavy atom. The Hall–Kier alpha value is -3.15. The fourth-order valence-electron chi connectivity index (χ4n) is 3.92. The molecule has 6 nitrogen and oxygen atoms in total. The van der Waals surface area contributed by atoms with Crippen molar-refractivity contribution in [3.63, 3.8) is 0 Å². The number of nitrogens with one attached hydrogen (secondary N) is 1. The van der Waals surface area contributed by atoms with Gasteiger partial charge in [0.25, 0.3) is 5.56 Å². The average Bonchev–Trinajstić information content (AvgIpc) is 3.15. The molecule has 1 aromatic heterocycles. The van der Waals surface area contributed by atoms with Crippen molar-refractivity contribution in [2.45, 2.75) is 32.4 Å². The van der Waals surface area contributed by atoms with Crippen molar-refractivity contribution in [2.75, 3.05) is 6.54 Å². The van der Waals surface area contributed by atoms with E-state index in [9.17, 15) is 14.4 Å². The number of carbonyl (C=O) groups excluding carboxylic acids is 1. The molecule has 0 saturated carbocycles. The minimum absolute atomic E-state index is 0.00561. The van der Waals surface area contributed by atoms with Crippen molar-refractivity contribution in [3.05, 3.63) is 80.5 Å². The number of H-pyrrole nitrogens is 1. The lowest BCUT2D eigenvalue weighted by Crippen LogP contribution is -2.42. The van der Waals surface area contributed by atoms with Crippen LogP contribution in [0.5, 0.6) is 0 Å². The largest absolute Gasteiger partial charge is 0.334 e. The molecule has 2 heterocycles. The summed E-state index contributed by atoms with van der Waals surface area (Å²) in [5.41, 5.74) is 1.76. The van der Waals surface area contributed by atoms with Crippen LogP contribution in [0, 0.1) is 6.92 Å². The molecule has 0 bridgehead atoms. The van der Waals surface area contributed by atoms with Crippen molar-refractivity contribution < 1.29 is 4.79 Å². The van der Waals surface area contributed by atoms with E-state index in [0.717, 1.165) is 28.5 Å². The van der Waals surface area contributed by atoms with Gasteiger partial charge in [-0.1, -0.05) is 36.4 Å². The molecule has 1 aliphatic rings. The molecule has 1 fully saturated rings. The first-order chi connectivity index (χ1) is 13.1. The molecule has 1 N–H and O–H groups in total. The number of amides is 1. The first-order valence-corrected chi connectivity index (χ1v) is 9.13. The van der Waals surface area contributed by atoms with Crippen molar-refractivity contribution >= 4 is 16.8 Å². The van der Waals surface area contributed by atoms with Crippen LogP contribution in [0.25, 0.3) is 10.9 Å². The first-order valence-electron chi connectivity index (χ1n) is 9.13. The van der Waals surface area contributed by atoms with Gasteiger partial charge < -0.3 is 9.88 Å². The normalized spacial score (nSPS) is 16.8. The molecule has 0 aliphatic carbocycles. The van der Waals surface area contributed by atoms with Crippen molar-refractivity contribution in [2.24, 2.45) is 0 Å². The molecule has 1 saturated heterocycles. The predicted octanol–water partition coefficient (Wildman–Crippen LogP) is 2.36. The molecule has 1 aliphatic heterocycles. The molecule has 4 rings (SSSR count). The molecule has 0 spiro atoms. The van der Waals surface area contributed by atoms with E-state index < -0.39 is 11.2 Å². The Kier molecular flexibility index (Phi) is 4.39. The van der Waals surface area contributed by atoms with Crippen LogP contribution in [0.4, 0.5) is 0 Å². The summed E-state index contributed by atoms with van der Waals surface area (Å²) in [5, 5.41) is 0.404. The molecule has 3 aromatic rings. The highest BCUT2D eigenvalue weighted by molar-refractivity contribution is 5.79. The van der Waals surface area contributed by atoms with Gasteiger partial charge in [-0.05, 0) is 43.0 Å². The van der Waals surface area contributed by atoms with Gasteiger partial charge in [0.2, 0.25) is 5.91 Å². The predicted molar refractivity (Wildman–Crippen MR) is 104 cm³/mol. The highest BCUT2D eigenvalue weighted by Gasteiger charge is 2.31. The molecule has 138 valence electrons. The molecule has 27 heavy (non-hydrogen) atoms. The lowest BCUT2D eigenvalue weighted by Gasteiger charge is -2.26. The number of likely N-dealkylation sites (tertiary alicyclic amines) is 1. The SMILES string of the molecule is Cc1ccccc1C1CCCN1C(=O)Cn1c(=O)[nH]c2ccccc2c1=O. The van der Waals surface area contributed by atoms with E-state index in [-0.39, 0.29) is 18.5 Å². The number of rotatable bonds is 3. The topological polar surface area (TPSA) is 75.2 Å². The second-order valence-corrected chi connectivity index (χ2v) is 6.97. The van der Waals surface area contributed by atoms with Crippen molar-refractivity contribution in [1.29, 1.82) is 0 Å². The Morgan fingerprint density at radius 2 is 1.85 bits per heavy atom. The number of para-hydroxylation sites is 1. The van der Waals surface area contributed by atoms with Gasteiger partial charge in [-0.25, -0.2) is 4.79 Å². The number of fused-ring (bicyclic) bond motifs is 1. The highest BCUT2D eigenvalue weighted by atomic mass is 16.2. The zero-order valence-electron chi connectivity index (χ0n) is 15.1. The summed E-state index contributed by atoms with van der Waals surface area (Å²) in [4.78, 5) is 42.5. The second kappa shape index (κ2) is 6.87. The van der Waals surface area contributed by atoms with Crippen LogP contribution in [0.15, 0.2) is 58.1 Å². The van der Waals surface area contributed by atoms with Crippen LogP contribution in [0.1, 0.15) is 30.0 Å². The van der Waals surface area contributed by atoms with Crippen LogP contribution in [0.3, 0.4) is 0 Å². The summed E-state index contributed by atoms with van der Waals surface area (Å²) in [5.74, 6) is -0.205. The fourth-order valence-corrected chi connectivity index (χ4v) is 3.92. The van der Waals surface area contributed by atoms with Crippen LogP contribution in [0.2, 0.25) is 0 Å². The third-order valence-corrected chi connectivity index (χ3v) is 5.30. The van der Waals surface area contributed by atoms with Gasteiger partial charge in [0.15, 0.2) is 0 Å². The van der Waals surface area contributed by atoms with Gasteiger partial charge in [-0.2, -0.15) is 0 Å². The highest BCUT2D eigenvalue weighted by Crippen LogP contribution is 2.33. The number of aromatic amines is 1. The molecule has 2 aromatic carbocycles. The van der Waals surface area contributed by atoms with Crippen molar-refractivity contribution in [1.82, 2.24) is 14.5 Å². The maximum Gasteiger partial charge on any atom is 0.329 e. The summed E-state index contributed by atoms with van der Waals surface area (Å²) in [6.07, 6.45) is 1.80. The monoisotopic (exact) mass is 363 g/mol. The summed E-state index contributed by atoms with van der Waals surface area (Å²) < 4.78 is 0.998. The molecular formula is C21H21N3O3. The van der Waals surface area contributed by atoms with E-state index in [2.05, 4.69) is 4.98 Å². The van der Waals surface area contributed by atoms with E-state index in [1.54, 1.807) is 29.2 Å². The third-order valence-electron chi connectivity index (χ3n) is 5.30. The Morgan fingerprint density at radius 3 is 2.67 bits per heavy atom. The van der Waals surface area contributed by atoms with Crippen LogP contribution < -0.4 is 11.2 Å². The van der Waals surface area contributed by atoms with E-state index in [4.69, 9.17) is 0 Å². The molecule has 6 heteroatoms. The second-order valence-electron chi connectivity index (χ2n) is 6.97. The molecule has 0 radical (unpaired) electrons. The van der Waals surface area contributed by atoms with Crippen LogP contribution >= 0.6 is 0 Å². The molecule has 1 amide bonds. The molecular weight excluding hydrogens is 342 g/mol. The quantitative estimate of drug-likeness (QED) is 0.776. The third kappa shape index (κ3) is 3.07. The zero-order chi connectivity index (χ0) is 19.0. The number of aromatic nitrogens is 2. The summed E-state index contributed by atoms with van der Waals surface area (Å²) in [7, 11) is 0. The van der Waals surface area contributed by atoms with Crippen LogP contribution in [-0.4, -0.2) is 26.9 Å². The summed E-state index contributed by atoms with van der Waals surface area (Å²) >= 11 is 0. The zero-order valence-corrected chi connectivity index (χ0v) is 15.1. The van der Waals surface area contributed by atoms with Gasteiger partial charge in [0.1, 0.15) is 6.54 Å². The number of hydrogen-bond donors (Lipinski definition) is 1. The standard InChI is InChI=1S/C21H21N3O3/c1-14-7-2-3-8-15(14)18-11-6-12-23(18)19(25)13-24-20(26)16-9-4-5-10-17(16)22-21(24)27/h2-5,7-10,18H,6,11-13H2,1H3,(H,22,27). The average molecular weight is 363 g/mol. The van der Waals surface area contributed by atoms with Crippen molar-refractivity contribution in [3.8, 4) is 0 Å². The van der Waals surface area contributed by atoms with Gasteiger partial charge in [-0.3, -0.25) is 14.2 Å². The first kappa shape index (κ1) is 17.3. The van der Waals surface area contributed by atoms with Gasteiger partial charge in [0, 0.05) is 6.54 Å². The molecule has 1 atom stereocenters. The van der Waals surface area contributed by atoms with Gasteiger partial charge >= 0.3 is 5.69 Å². The van der Waals surface area contributed by atoms with Gasteiger partial charge in [-0.15, -0.1) is 0 Å². The van der Waals surface area contributed by atoms with E-state index in [0.29, 0.717) is 17.4 Å². The number of benzene rings is 2. The minimum atomic E-state index is -0.557. The summed E-state index contributed by atoms with van der Waals surface area (Å²) in [6, 6.07) is 14.9. The van der Waals surface area contributed by atoms with E-state index in [1.165, 1.54) is 0 Å². The number of aryl methyl sites for hydroxylation is 1. The number of carbonyl (C=O) groups is 1. The summed E-state index contributed by atoms with van der Waals surface area (Å²) in [6.45, 7) is 2.42. The number of nitrogens with zero attached hydrogens (tertiary/aromatic N) is 2. The maximum atomic E-state index is 13.0. The Balaban J connectivity index is 1.66. The Labute approximate surface area is 156 Å². The molecule has 1 unspecified atom stereocenters.